The molecule has 0 saturated heterocycles. The van der Waals surface area contributed by atoms with Crippen LogP contribution in [0.2, 0.25) is 0 Å². The zero-order valence-electron chi connectivity index (χ0n) is 21.3. The number of carbonyl (C=O) groups is 1. The van der Waals surface area contributed by atoms with Crippen LogP contribution in [0.1, 0.15) is 49.8 Å². The second kappa shape index (κ2) is 12.6. The molecule has 3 aromatic rings. The van der Waals surface area contributed by atoms with Crippen molar-refractivity contribution in [3.05, 3.63) is 99.4 Å². The maximum absolute atomic E-state index is 11.4. The lowest BCUT2D eigenvalue weighted by molar-refractivity contribution is -0.118. The molecule has 188 valence electrons. The summed E-state index contributed by atoms with van der Waals surface area (Å²) in [6.45, 7) is 10.9. The molecule has 0 radical (unpaired) electrons. The van der Waals surface area contributed by atoms with Gasteiger partial charge in [-0.05, 0) is 76.2 Å². The molecular formula is C31H35NO4. The Hall–Kier alpha value is -3.99. The van der Waals surface area contributed by atoms with Gasteiger partial charge in [-0.1, -0.05) is 62.9 Å². The van der Waals surface area contributed by atoms with Gasteiger partial charge >= 0.3 is 0 Å². The van der Waals surface area contributed by atoms with Crippen LogP contribution in [0.25, 0.3) is 12.7 Å². The molecule has 0 spiro atoms. The van der Waals surface area contributed by atoms with E-state index in [-0.39, 0.29) is 30.6 Å². The first kappa shape index (κ1) is 26.6. The minimum atomic E-state index is -0.355. The summed E-state index contributed by atoms with van der Waals surface area (Å²) in [6, 6.07) is 18.9. The summed E-state index contributed by atoms with van der Waals surface area (Å²) in [5.41, 5.74) is 9.29. The summed E-state index contributed by atoms with van der Waals surface area (Å²) < 4.78 is 12.0. The zero-order chi connectivity index (χ0) is 26.1. The number of phenols is 1. The number of amides is 1. The number of phenolic OH excluding ortho intramolecular Hbond substituents is 1. The number of nitrogens with two attached hydrogens (primary N) is 1. The van der Waals surface area contributed by atoms with Crippen molar-refractivity contribution in [3.63, 3.8) is 0 Å². The zero-order valence-corrected chi connectivity index (χ0v) is 21.3. The Morgan fingerprint density at radius 3 is 2.47 bits per heavy atom. The Morgan fingerprint density at radius 1 is 1.06 bits per heavy atom. The smallest absolute Gasteiger partial charge is 0.217 e. The van der Waals surface area contributed by atoms with Crippen LogP contribution in [0.5, 0.6) is 17.2 Å². The van der Waals surface area contributed by atoms with Gasteiger partial charge in [-0.25, -0.2) is 0 Å². The number of aromatic hydroxyl groups is 1. The predicted molar refractivity (Wildman–Crippen MR) is 145 cm³/mol. The average Bonchev–Trinajstić information content (AvgIpc) is 2.84. The molecule has 3 rings (SSSR count). The van der Waals surface area contributed by atoms with Gasteiger partial charge in [-0.2, -0.15) is 0 Å². The number of ether oxygens (including phenoxy) is 2. The third-order valence-corrected chi connectivity index (χ3v) is 5.87. The molecule has 0 heterocycles. The van der Waals surface area contributed by atoms with Crippen molar-refractivity contribution < 1.29 is 19.4 Å². The maximum Gasteiger partial charge on any atom is 0.217 e. The highest BCUT2D eigenvalue weighted by atomic mass is 16.5. The minimum Gasteiger partial charge on any atom is -0.508 e. The molecule has 5 nitrogen and oxygen atoms in total. The van der Waals surface area contributed by atoms with Gasteiger partial charge in [-0.3, -0.25) is 4.79 Å². The van der Waals surface area contributed by atoms with Crippen LogP contribution in [0.15, 0.2) is 72.3 Å². The first-order valence-corrected chi connectivity index (χ1v) is 12.1. The Balaban J connectivity index is 1.69. The van der Waals surface area contributed by atoms with Gasteiger partial charge in [0.05, 0.1) is 0 Å². The van der Waals surface area contributed by atoms with Crippen LogP contribution < -0.4 is 25.6 Å². The Bertz CT molecular complexity index is 1340. The van der Waals surface area contributed by atoms with Crippen LogP contribution in [-0.2, 0) is 17.8 Å². The van der Waals surface area contributed by atoms with Crippen molar-refractivity contribution in [2.45, 2.75) is 46.1 Å². The first-order valence-electron chi connectivity index (χ1n) is 12.1. The second-order valence-electron chi connectivity index (χ2n) is 9.22. The number of hydrogen-bond acceptors (Lipinski definition) is 4. The summed E-state index contributed by atoms with van der Waals surface area (Å²) in [4.78, 5) is 11.4. The summed E-state index contributed by atoms with van der Waals surface area (Å²) in [5.74, 6) is 1.36. The van der Waals surface area contributed by atoms with E-state index in [4.69, 9.17) is 15.2 Å². The molecule has 0 unspecified atom stereocenters. The molecule has 0 atom stereocenters. The number of hydrogen-bond donors (Lipinski definition) is 2. The van der Waals surface area contributed by atoms with Crippen LogP contribution in [0.3, 0.4) is 0 Å². The first-order chi connectivity index (χ1) is 17.2. The monoisotopic (exact) mass is 485 g/mol. The van der Waals surface area contributed by atoms with Crippen LogP contribution >= 0.6 is 0 Å². The Labute approximate surface area is 213 Å². The van der Waals surface area contributed by atoms with Gasteiger partial charge in [0.25, 0.3) is 0 Å². The van der Waals surface area contributed by atoms with E-state index < -0.39 is 0 Å². The summed E-state index contributed by atoms with van der Waals surface area (Å²) >= 11 is 0. The highest BCUT2D eigenvalue weighted by molar-refractivity contribution is 5.74. The maximum atomic E-state index is 11.4. The average molecular weight is 486 g/mol. The fourth-order valence-electron chi connectivity index (χ4n) is 3.93. The molecule has 0 aromatic heterocycles. The van der Waals surface area contributed by atoms with E-state index in [1.165, 1.54) is 0 Å². The van der Waals surface area contributed by atoms with Crippen LogP contribution in [-0.4, -0.2) is 17.6 Å². The molecule has 0 saturated carbocycles. The van der Waals surface area contributed by atoms with E-state index in [1.807, 2.05) is 67.6 Å². The molecule has 0 fully saturated rings. The van der Waals surface area contributed by atoms with Gasteiger partial charge in [0.1, 0.15) is 30.5 Å². The quantitative estimate of drug-likeness (QED) is 0.411. The lowest BCUT2D eigenvalue weighted by Gasteiger charge is -2.18. The van der Waals surface area contributed by atoms with E-state index in [2.05, 4.69) is 20.4 Å². The van der Waals surface area contributed by atoms with Crippen molar-refractivity contribution in [1.29, 1.82) is 0 Å². The lowest BCUT2D eigenvalue weighted by Crippen LogP contribution is -2.21. The number of allylic oxidation sites excluding steroid dienone is 1. The Kier molecular flexibility index (Phi) is 9.34. The molecule has 3 N–H and O–H groups in total. The topological polar surface area (TPSA) is 81.8 Å². The van der Waals surface area contributed by atoms with Gasteiger partial charge in [-0.15, -0.1) is 0 Å². The number of rotatable bonds is 11. The summed E-state index contributed by atoms with van der Waals surface area (Å²) in [5, 5.41) is 12.3. The van der Waals surface area contributed by atoms with Crippen LogP contribution in [0.4, 0.5) is 0 Å². The Morgan fingerprint density at radius 2 is 1.78 bits per heavy atom. The van der Waals surface area contributed by atoms with Crippen molar-refractivity contribution in [1.82, 2.24) is 0 Å². The van der Waals surface area contributed by atoms with Gasteiger partial charge in [0.15, 0.2) is 0 Å². The highest BCUT2D eigenvalue weighted by Gasteiger charge is 2.15. The largest absolute Gasteiger partial charge is 0.508 e. The van der Waals surface area contributed by atoms with Gasteiger partial charge < -0.3 is 20.3 Å². The minimum absolute atomic E-state index is 0.178. The highest BCUT2D eigenvalue weighted by Crippen LogP contribution is 2.30. The molecule has 0 aliphatic carbocycles. The second-order valence-corrected chi connectivity index (χ2v) is 9.22. The lowest BCUT2D eigenvalue weighted by atomic mass is 9.90. The van der Waals surface area contributed by atoms with Crippen molar-refractivity contribution >= 4 is 18.6 Å². The van der Waals surface area contributed by atoms with Gasteiger partial charge in [0.2, 0.25) is 5.91 Å². The van der Waals surface area contributed by atoms with E-state index in [1.54, 1.807) is 12.1 Å². The van der Waals surface area contributed by atoms with Gasteiger partial charge in [0, 0.05) is 12.5 Å². The molecule has 0 aliphatic heterocycles. The van der Waals surface area contributed by atoms with E-state index in [0.29, 0.717) is 24.5 Å². The third kappa shape index (κ3) is 7.77. The molecule has 5 heteroatoms. The number of primary amides is 1. The molecule has 0 bridgehead atoms. The SMILES string of the molecule is C=c1cccc/c1=C/C=C(\C)COc1cccc(OCc2cc(O)cc(C(C)C)c2CCC(N)=O)c1. The fourth-order valence-corrected chi connectivity index (χ4v) is 3.93. The number of benzene rings is 3. The molecule has 3 aromatic carbocycles. The molecule has 0 aliphatic rings. The molecule has 36 heavy (non-hydrogen) atoms. The van der Waals surface area contributed by atoms with E-state index in [0.717, 1.165) is 32.7 Å². The van der Waals surface area contributed by atoms with Crippen molar-refractivity contribution in [2.24, 2.45) is 5.73 Å². The van der Waals surface area contributed by atoms with E-state index in [9.17, 15) is 9.90 Å². The molecule has 1 amide bonds. The predicted octanol–water partition coefficient (Wildman–Crippen LogP) is 4.73. The molecular weight excluding hydrogens is 450 g/mol. The normalized spacial score (nSPS) is 12.1. The van der Waals surface area contributed by atoms with Crippen molar-refractivity contribution in [2.75, 3.05) is 6.61 Å². The van der Waals surface area contributed by atoms with Crippen LogP contribution in [0, 0.1) is 0 Å². The standard InChI is InChI=1S/C31H35NO4/c1-21(2)30-17-26(33)16-25(29(30)14-15-31(32)34)20-36-28-11-7-10-27(18-28)35-19-22(3)12-13-24-9-6-5-8-23(24)4/h5-13,16-18,21,33H,4,14-15,19-20H2,1-3H3,(H2,32,34)/b22-12+,24-13-. The number of carbonyl (C=O) groups excluding carboxylic acids is 1. The third-order valence-electron chi connectivity index (χ3n) is 5.87. The fraction of sp³-hybridized carbons (Fsp3) is 0.258. The summed E-state index contributed by atoms with van der Waals surface area (Å²) in [6.07, 6.45) is 4.82. The van der Waals surface area contributed by atoms with Crippen molar-refractivity contribution in [3.8, 4) is 17.2 Å². The van der Waals surface area contributed by atoms with E-state index >= 15 is 0 Å². The summed E-state index contributed by atoms with van der Waals surface area (Å²) in [7, 11) is 0.